The highest BCUT2D eigenvalue weighted by Crippen LogP contribution is 2.27. The summed E-state index contributed by atoms with van der Waals surface area (Å²) in [5.74, 6) is -2.63. The van der Waals surface area contributed by atoms with Crippen molar-refractivity contribution in [2.24, 2.45) is 11.3 Å². The zero-order valence-corrected chi connectivity index (χ0v) is 16.3. The number of aliphatic carboxylic acids is 1. The van der Waals surface area contributed by atoms with Crippen molar-refractivity contribution in [3.8, 4) is 0 Å². The lowest BCUT2D eigenvalue weighted by atomic mass is 9.76. The van der Waals surface area contributed by atoms with Crippen LogP contribution in [0.15, 0.2) is 0 Å². The standard InChI is InChI=1S/C21H36O5/c1-2-3-4-5-6-7-8-9-10-11-12-13-14-15-19(16-22)21(17-23,18-24)20(25)26/h16-19H,2-15H2,1H3,(H,25,26). The fourth-order valence-corrected chi connectivity index (χ4v) is 3.26. The van der Waals surface area contributed by atoms with Gasteiger partial charge in [-0.05, 0) is 6.42 Å². The van der Waals surface area contributed by atoms with Crippen LogP contribution in [0.1, 0.15) is 96.8 Å². The molecule has 0 saturated heterocycles. The van der Waals surface area contributed by atoms with Crippen LogP contribution in [0.4, 0.5) is 0 Å². The summed E-state index contributed by atoms with van der Waals surface area (Å²) in [5.41, 5.74) is -2.22. The van der Waals surface area contributed by atoms with Gasteiger partial charge in [0.1, 0.15) is 18.9 Å². The predicted molar refractivity (Wildman–Crippen MR) is 102 cm³/mol. The van der Waals surface area contributed by atoms with Gasteiger partial charge in [0.05, 0.1) is 0 Å². The molecule has 26 heavy (non-hydrogen) atoms. The quantitative estimate of drug-likeness (QED) is 0.202. The summed E-state index contributed by atoms with van der Waals surface area (Å²) in [6.45, 7) is 2.23. The SMILES string of the molecule is CCCCCCCCCCCCCCCC(C=O)C(C=O)(C=O)C(=O)O. The maximum absolute atomic E-state index is 11.2. The van der Waals surface area contributed by atoms with Crippen molar-refractivity contribution in [3.63, 3.8) is 0 Å². The predicted octanol–water partition coefficient (Wildman–Crippen LogP) is 4.75. The Hall–Kier alpha value is -1.52. The van der Waals surface area contributed by atoms with Crippen LogP contribution in [-0.4, -0.2) is 29.9 Å². The number of carbonyl (C=O) groups excluding carboxylic acids is 3. The highest BCUT2D eigenvalue weighted by molar-refractivity contribution is 6.09. The molecule has 0 amide bonds. The molecule has 1 N–H and O–H groups in total. The van der Waals surface area contributed by atoms with Crippen LogP contribution in [0, 0.1) is 11.3 Å². The van der Waals surface area contributed by atoms with E-state index < -0.39 is 17.3 Å². The van der Waals surface area contributed by atoms with Crippen LogP contribution in [0.3, 0.4) is 0 Å². The smallest absolute Gasteiger partial charge is 0.324 e. The zero-order chi connectivity index (χ0) is 19.7. The number of unbranched alkanes of at least 4 members (excludes halogenated alkanes) is 12. The molecule has 0 heterocycles. The zero-order valence-electron chi connectivity index (χ0n) is 16.3. The summed E-state index contributed by atoms with van der Waals surface area (Å²) < 4.78 is 0. The lowest BCUT2D eigenvalue weighted by Gasteiger charge is -2.22. The van der Waals surface area contributed by atoms with Gasteiger partial charge in [0, 0.05) is 5.92 Å². The van der Waals surface area contributed by atoms with E-state index in [1.807, 2.05) is 0 Å². The molecule has 0 aromatic carbocycles. The minimum atomic E-state index is -2.22. The topological polar surface area (TPSA) is 88.5 Å². The van der Waals surface area contributed by atoms with Crippen LogP contribution in [0.2, 0.25) is 0 Å². The molecule has 1 atom stereocenters. The van der Waals surface area contributed by atoms with Crippen molar-refractivity contribution < 1.29 is 24.3 Å². The molecule has 0 aliphatic rings. The number of carboxylic acids is 1. The van der Waals surface area contributed by atoms with Crippen LogP contribution >= 0.6 is 0 Å². The summed E-state index contributed by atoms with van der Waals surface area (Å²) in [4.78, 5) is 44.5. The number of aldehydes is 3. The van der Waals surface area contributed by atoms with Crippen LogP contribution in [-0.2, 0) is 19.2 Å². The van der Waals surface area contributed by atoms with Gasteiger partial charge in [-0.1, -0.05) is 90.4 Å². The Bertz CT molecular complexity index is 397. The van der Waals surface area contributed by atoms with E-state index in [0.29, 0.717) is 12.7 Å². The molecule has 0 rings (SSSR count). The maximum Gasteiger partial charge on any atom is 0.324 e. The molecule has 0 radical (unpaired) electrons. The van der Waals surface area contributed by atoms with Crippen molar-refractivity contribution in [2.75, 3.05) is 0 Å². The van der Waals surface area contributed by atoms with Crippen LogP contribution < -0.4 is 0 Å². The normalized spacial score (nSPS) is 12.5. The summed E-state index contributed by atoms with van der Waals surface area (Å²) in [5, 5.41) is 9.11. The molecular weight excluding hydrogens is 332 g/mol. The van der Waals surface area contributed by atoms with E-state index in [2.05, 4.69) is 6.92 Å². The van der Waals surface area contributed by atoms with Crippen molar-refractivity contribution >= 4 is 24.8 Å². The Morgan fingerprint density at radius 2 is 1.15 bits per heavy atom. The Balaban J connectivity index is 3.76. The minimum absolute atomic E-state index is 0.0870. The molecule has 5 heteroatoms. The highest BCUT2D eigenvalue weighted by Gasteiger charge is 2.46. The van der Waals surface area contributed by atoms with Gasteiger partial charge in [-0.15, -0.1) is 0 Å². The first-order valence-corrected chi connectivity index (χ1v) is 10.2. The minimum Gasteiger partial charge on any atom is -0.480 e. The average molecular weight is 369 g/mol. The molecule has 0 aliphatic carbocycles. The number of hydrogen-bond acceptors (Lipinski definition) is 4. The number of carbonyl (C=O) groups is 4. The van der Waals surface area contributed by atoms with Crippen molar-refractivity contribution in [1.82, 2.24) is 0 Å². The molecule has 0 bridgehead atoms. The van der Waals surface area contributed by atoms with Gasteiger partial charge in [0.15, 0.2) is 5.41 Å². The third kappa shape index (κ3) is 9.25. The van der Waals surface area contributed by atoms with Crippen molar-refractivity contribution in [1.29, 1.82) is 0 Å². The van der Waals surface area contributed by atoms with Gasteiger partial charge in [-0.3, -0.25) is 4.79 Å². The van der Waals surface area contributed by atoms with E-state index in [-0.39, 0.29) is 19.0 Å². The molecule has 0 spiro atoms. The summed E-state index contributed by atoms with van der Waals surface area (Å²) in [7, 11) is 0. The molecule has 0 saturated carbocycles. The Kier molecular flexibility index (Phi) is 14.8. The maximum atomic E-state index is 11.2. The van der Waals surface area contributed by atoms with E-state index in [1.165, 1.54) is 57.8 Å². The molecule has 0 aromatic heterocycles. The Morgan fingerprint density at radius 3 is 1.46 bits per heavy atom. The number of carboxylic acid groups (broad SMARTS) is 1. The lowest BCUT2D eigenvalue weighted by molar-refractivity contribution is -0.158. The Labute approximate surface area is 157 Å². The van der Waals surface area contributed by atoms with Gasteiger partial charge < -0.3 is 19.5 Å². The highest BCUT2D eigenvalue weighted by atomic mass is 16.4. The fourth-order valence-electron chi connectivity index (χ4n) is 3.26. The number of hydrogen-bond donors (Lipinski definition) is 1. The second-order valence-electron chi connectivity index (χ2n) is 7.25. The van der Waals surface area contributed by atoms with Crippen LogP contribution in [0.25, 0.3) is 0 Å². The Morgan fingerprint density at radius 1 is 0.769 bits per heavy atom. The van der Waals surface area contributed by atoms with E-state index in [4.69, 9.17) is 5.11 Å². The molecule has 5 nitrogen and oxygen atoms in total. The van der Waals surface area contributed by atoms with Gasteiger partial charge in [-0.2, -0.15) is 0 Å². The second-order valence-corrected chi connectivity index (χ2v) is 7.25. The molecule has 0 aromatic rings. The van der Waals surface area contributed by atoms with E-state index in [1.54, 1.807) is 0 Å². The molecule has 0 fully saturated rings. The summed E-state index contributed by atoms with van der Waals surface area (Å²) in [6, 6.07) is 0. The molecule has 1 unspecified atom stereocenters. The summed E-state index contributed by atoms with van der Waals surface area (Å²) in [6.07, 6.45) is 16.3. The van der Waals surface area contributed by atoms with Gasteiger partial charge >= 0.3 is 5.97 Å². The van der Waals surface area contributed by atoms with Gasteiger partial charge in [0.2, 0.25) is 0 Å². The third-order valence-electron chi connectivity index (χ3n) is 5.16. The third-order valence-corrected chi connectivity index (χ3v) is 5.16. The largest absolute Gasteiger partial charge is 0.480 e. The van der Waals surface area contributed by atoms with Gasteiger partial charge in [0.25, 0.3) is 0 Å². The first-order chi connectivity index (χ1) is 12.6. The van der Waals surface area contributed by atoms with E-state index in [9.17, 15) is 19.2 Å². The first-order valence-electron chi connectivity index (χ1n) is 10.2. The van der Waals surface area contributed by atoms with Crippen LogP contribution in [0.5, 0.6) is 0 Å². The molecule has 150 valence electrons. The molecule has 0 aliphatic heterocycles. The first kappa shape index (κ1) is 24.5. The lowest BCUT2D eigenvalue weighted by Crippen LogP contribution is -2.42. The molecular formula is C21H36O5. The van der Waals surface area contributed by atoms with E-state index in [0.717, 1.165) is 19.3 Å². The average Bonchev–Trinajstić information content (AvgIpc) is 2.64. The number of rotatable bonds is 19. The van der Waals surface area contributed by atoms with E-state index >= 15 is 0 Å². The van der Waals surface area contributed by atoms with Crippen molar-refractivity contribution in [2.45, 2.75) is 96.8 Å². The fraction of sp³-hybridized carbons (Fsp3) is 0.810. The van der Waals surface area contributed by atoms with Crippen molar-refractivity contribution in [3.05, 3.63) is 0 Å². The van der Waals surface area contributed by atoms with Gasteiger partial charge in [-0.25, -0.2) is 0 Å². The second kappa shape index (κ2) is 15.7. The summed E-state index contributed by atoms with van der Waals surface area (Å²) >= 11 is 0. The monoisotopic (exact) mass is 368 g/mol.